The molecule has 3 N–H and O–H groups in total. The van der Waals surface area contributed by atoms with Gasteiger partial charge < -0.3 is 20.4 Å². The molecule has 0 radical (unpaired) electrons. The number of furan rings is 1. The van der Waals surface area contributed by atoms with Gasteiger partial charge in [-0.2, -0.15) is 0 Å². The maximum Gasteiger partial charge on any atom is 0.289 e. The lowest BCUT2D eigenvalue weighted by Gasteiger charge is -2.26. The third-order valence-corrected chi connectivity index (χ3v) is 6.97. The topological polar surface area (TPSA) is 71.5 Å². The molecular weight excluding hydrogens is 398 g/mol. The van der Waals surface area contributed by atoms with Crippen LogP contribution < -0.4 is 11.1 Å². The number of nitrogens with two attached hydrogens (primary N) is 1. The van der Waals surface area contributed by atoms with Gasteiger partial charge in [0.2, 0.25) is 0 Å². The van der Waals surface area contributed by atoms with Crippen molar-refractivity contribution in [2.75, 3.05) is 13.1 Å². The summed E-state index contributed by atoms with van der Waals surface area (Å²) in [6, 6.07) is 23.0. The molecule has 2 aliphatic rings. The number of aryl methyl sites for hydroxylation is 1. The van der Waals surface area contributed by atoms with Crippen LogP contribution >= 0.6 is 0 Å². The van der Waals surface area contributed by atoms with Crippen molar-refractivity contribution in [1.29, 1.82) is 0 Å². The van der Waals surface area contributed by atoms with Crippen LogP contribution in [0.3, 0.4) is 0 Å². The minimum Gasteiger partial charge on any atom is -0.454 e. The van der Waals surface area contributed by atoms with E-state index in [4.69, 9.17) is 10.2 Å². The van der Waals surface area contributed by atoms with Crippen LogP contribution in [0, 0.1) is 0 Å². The van der Waals surface area contributed by atoms with Gasteiger partial charge >= 0.3 is 0 Å². The molecule has 0 spiro atoms. The minimum atomic E-state index is -0.230. The first-order valence-corrected chi connectivity index (χ1v) is 11.6. The van der Waals surface area contributed by atoms with E-state index in [-0.39, 0.29) is 18.0 Å². The van der Waals surface area contributed by atoms with Crippen LogP contribution in [0.2, 0.25) is 0 Å². The minimum absolute atomic E-state index is 0.0473. The van der Waals surface area contributed by atoms with E-state index >= 15 is 0 Å². The molecule has 0 saturated carbocycles. The predicted octanol–water partition coefficient (Wildman–Crippen LogP) is 4.57. The molecule has 1 aliphatic heterocycles. The molecule has 1 aromatic heterocycles. The average Bonchev–Trinajstić information content (AvgIpc) is 3.56. The highest BCUT2D eigenvalue weighted by atomic mass is 16.4. The largest absolute Gasteiger partial charge is 0.454 e. The van der Waals surface area contributed by atoms with Crippen LogP contribution in [-0.2, 0) is 6.42 Å². The van der Waals surface area contributed by atoms with Gasteiger partial charge in [0.25, 0.3) is 5.91 Å². The van der Waals surface area contributed by atoms with E-state index in [9.17, 15) is 4.79 Å². The van der Waals surface area contributed by atoms with Crippen LogP contribution in [0.25, 0.3) is 0 Å². The Morgan fingerprint density at radius 2 is 1.91 bits per heavy atom. The second-order valence-electron chi connectivity index (χ2n) is 9.14. The van der Waals surface area contributed by atoms with Crippen molar-refractivity contribution in [3.05, 3.63) is 94.9 Å². The van der Waals surface area contributed by atoms with Gasteiger partial charge in [-0.1, -0.05) is 54.6 Å². The van der Waals surface area contributed by atoms with Gasteiger partial charge in [-0.15, -0.1) is 0 Å². The van der Waals surface area contributed by atoms with Crippen molar-refractivity contribution < 1.29 is 9.21 Å². The van der Waals surface area contributed by atoms with E-state index in [1.54, 1.807) is 6.07 Å². The first-order chi connectivity index (χ1) is 15.6. The van der Waals surface area contributed by atoms with Crippen molar-refractivity contribution in [1.82, 2.24) is 10.2 Å². The molecule has 2 aromatic carbocycles. The molecule has 5 rings (SSSR count). The van der Waals surface area contributed by atoms with Crippen LogP contribution in [0.1, 0.15) is 70.8 Å². The quantitative estimate of drug-likeness (QED) is 0.602. The van der Waals surface area contributed by atoms with Gasteiger partial charge in [-0.25, -0.2) is 0 Å². The number of rotatable bonds is 6. The summed E-state index contributed by atoms with van der Waals surface area (Å²) in [5, 5.41) is 3.77. The van der Waals surface area contributed by atoms with Crippen LogP contribution in [0.4, 0.5) is 0 Å². The number of nitrogens with zero attached hydrogens (tertiary/aromatic N) is 1. The van der Waals surface area contributed by atoms with Crippen molar-refractivity contribution >= 4 is 5.91 Å². The first kappa shape index (κ1) is 21.0. The lowest BCUT2D eigenvalue weighted by atomic mass is 9.96. The molecule has 1 saturated heterocycles. The highest BCUT2D eigenvalue weighted by Crippen LogP contribution is 2.35. The lowest BCUT2D eigenvalue weighted by Crippen LogP contribution is -2.42. The summed E-state index contributed by atoms with van der Waals surface area (Å²) in [5.41, 5.74) is 10.1. The number of fused-ring (bicyclic) bond motifs is 1. The second-order valence-corrected chi connectivity index (χ2v) is 9.14. The second kappa shape index (κ2) is 8.93. The zero-order valence-electron chi connectivity index (χ0n) is 18.5. The molecule has 1 fully saturated rings. The Morgan fingerprint density at radius 3 is 2.69 bits per heavy atom. The highest BCUT2D eigenvalue weighted by molar-refractivity contribution is 5.92. The Hall–Kier alpha value is -2.89. The number of carbonyl (C=O) groups is 1. The lowest BCUT2D eigenvalue weighted by molar-refractivity contribution is 0.0697. The van der Waals surface area contributed by atoms with Crippen molar-refractivity contribution in [3.8, 4) is 0 Å². The summed E-state index contributed by atoms with van der Waals surface area (Å²) in [5.74, 6) is 1.30. The van der Waals surface area contributed by atoms with E-state index < -0.39 is 0 Å². The Bertz CT molecular complexity index is 1080. The Labute approximate surface area is 189 Å². The summed E-state index contributed by atoms with van der Waals surface area (Å²) in [4.78, 5) is 15.4. The number of nitrogens with one attached hydrogen (secondary N) is 1. The predicted molar refractivity (Wildman–Crippen MR) is 125 cm³/mol. The molecule has 2 heterocycles. The summed E-state index contributed by atoms with van der Waals surface area (Å²) in [6.07, 6.45) is 3.16. The molecule has 5 nitrogen and oxygen atoms in total. The molecule has 4 atom stereocenters. The van der Waals surface area contributed by atoms with Crippen LogP contribution in [0.15, 0.2) is 71.1 Å². The van der Waals surface area contributed by atoms with Crippen molar-refractivity contribution in [2.45, 2.75) is 50.2 Å². The van der Waals surface area contributed by atoms with E-state index in [0.717, 1.165) is 25.8 Å². The fraction of sp³-hybridized carbons (Fsp3) is 0.370. The van der Waals surface area contributed by atoms with Gasteiger partial charge in [-0.05, 0) is 55.0 Å². The SMILES string of the molecule is C[C@H](N)c1ccc(C(=O)N2C[C@@H](c3ccccc3)C[C@H]2CNC2CCc3ccccc32)o1. The molecule has 166 valence electrons. The van der Waals surface area contributed by atoms with Gasteiger partial charge in [0.1, 0.15) is 5.76 Å². The summed E-state index contributed by atoms with van der Waals surface area (Å²) in [7, 11) is 0. The van der Waals surface area contributed by atoms with E-state index in [0.29, 0.717) is 30.0 Å². The van der Waals surface area contributed by atoms with Gasteiger partial charge in [0.15, 0.2) is 5.76 Å². The number of hydrogen-bond acceptors (Lipinski definition) is 4. The molecule has 1 unspecified atom stereocenters. The van der Waals surface area contributed by atoms with Gasteiger partial charge in [0, 0.05) is 31.1 Å². The fourth-order valence-electron chi connectivity index (χ4n) is 5.23. The number of benzene rings is 2. The van der Waals surface area contributed by atoms with E-state index in [1.165, 1.54) is 16.7 Å². The van der Waals surface area contributed by atoms with E-state index in [1.807, 2.05) is 24.0 Å². The molecule has 1 amide bonds. The summed E-state index contributed by atoms with van der Waals surface area (Å²) in [6.45, 7) is 3.33. The van der Waals surface area contributed by atoms with Crippen LogP contribution in [-0.4, -0.2) is 29.9 Å². The normalized spacial score (nSPS) is 23.3. The molecule has 32 heavy (non-hydrogen) atoms. The highest BCUT2D eigenvalue weighted by Gasteiger charge is 2.38. The standard InChI is InChI=1S/C27H31N3O2/c1-18(28)25-13-14-26(32-25)27(31)30-17-21(19-7-3-2-4-8-19)15-22(30)16-29-24-12-11-20-9-5-6-10-23(20)24/h2-10,13-14,18,21-22,24,29H,11-12,15-17,28H2,1H3/t18-,21-,22-,24?/m0/s1. The third kappa shape index (κ3) is 4.10. The molecule has 5 heteroatoms. The van der Waals surface area contributed by atoms with Crippen molar-refractivity contribution in [2.24, 2.45) is 5.73 Å². The summed E-state index contributed by atoms with van der Waals surface area (Å²) < 4.78 is 5.80. The fourth-order valence-corrected chi connectivity index (χ4v) is 5.23. The molecule has 0 bridgehead atoms. The first-order valence-electron chi connectivity index (χ1n) is 11.6. The number of amides is 1. The monoisotopic (exact) mass is 429 g/mol. The molecule has 1 aliphatic carbocycles. The zero-order valence-corrected chi connectivity index (χ0v) is 18.5. The maximum atomic E-state index is 13.4. The average molecular weight is 430 g/mol. The van der Waals surface area contributed by atoms with Gasteiger partial charge in [-0.3, -0.25) is 4.79 Å². The smallest absolute Gasteiger partial charge is 0.289 e. The van der Waals surface area contributed by atoms with Gasteiger partial charge in [0.05, 0.1) is 6.04 Å². The Kier molecular flexibility index (Phi) is 5.85. The molecule has 3 aromatic rings. The third-order valence-electron chi connectivity index (χ3n) is 6.97. The van der Waals surface area contributed by atoms with Crippen molar-refractivity contribution in [3.63, 3.8) is 0 Å². The Balaban J connectivity index is 1.34. The van der Waals surface area contributed by atoms with E-state index in [2.05, 4.69) is 53.8 Å². The Morgan fingerprint density at radius 1 is 1.12 bits per heavy atom. The number of likely N-dealkylation sites (tertiary alicyclic amines) is 1. The zero-order chi connectivity index (χ0) is 22.1. The van der Waals surface area contributed by atoms with Crippen LogP contribution in [0.5, 0.6) is 0 Å². The number of hydrogen-bond donors (Lipinski definition) is 2. The maximum absolute atomic E-state index is 13.4. The summed E-state index contributed by atoms with van der Waals surface area (Å²) >= 11 is 0. The molecular formula is C27H31N3O2. The number of carbonyl (C=O) groups excluding carboxylic acids is 1.